The number of nitrogens with zero attached hydrogens (tertiary/aromatic N) is 5. The van der Waals surface area contributed by atoms with E-state index in [0.717, 1.165) is 37.4 Å². The zero-order valence-electron chi connectivity index (χ0n) is 14.4. The van der Waals surface area contributed by atoms with Gasteiger partial charge in [0.25, 0.3) is 0 Å². The molecule has 7 nitrogen and oxygen atoms in total. The summed E-state index contributed by atoms with van der Waals surface area (Å²) in [5.41, 5.74) is 2.08. The van der Waals surface area contributed by atoms with Gasteiger partial charge in [-0.25, -0.2) is 4.68 Å². The van der Waals surface area contributed by atoms with Gasteiger partial charge in [0.05, 0.1) is 6.20 Å². The first-order valence-corrected chi connectivity index (χ1v) is 8.88. The fourth-order valence-corrected chi connectivity index (χ4v) is 3.74. The number of aryl methyl sites for hydroxylation is 1. The first-order chi connectivity index (χ1) is 11.5. The summed E-state index contributed by atoms with van der Waals surface area (Å²) in [6.45, 7) is 6.23. The molecule has 1 fully saturated rings. The van der Waals surface area contributed by atoms with Gasteiger partial charge < -0.3 is 9.63 Å². The number of likely N-dealkylation sites (tertiary alicyclic amines) is 1. The van der Waals surface area contributed by atoms with E-state index in [1.807, 2.05) is 6.20 Å². The van der Waals surface area contributed by atoms with Crippen LogP contribution in [0.4, 0.5) is 0 Å². The molecular formula is C17H25N5O2. The summed E-state index contributed by atoms with van der Waals surface area (Å²) in [5.74, 6) is 1.06. The summed E-state index contributed by atoms with van der Waals surface area (Å²) >= 11 is 0. The van der Waals surface area contributed by atoms with Crippen molar-refractivity contribution in [2.24, 2.45) is 0 Å². The zero-order chi connectivity index (χ0) is 16.7. The molecule has 1 atom stereocenters. The zero-order valence-corrected chi connectivity index (χ0v) is 14.4. The molecule has 24 heavy (non-hydrogen) atoms. The highest BCUT2D eigenvalue weighted by Gasteiger charge is 2.40. The summed E-state index contributed by atoms with van der Waals surface area (Å²) in [7, 11) is 0. The maximum atomic E-state index is 11.0. The molecule has 1 saturated heterocycles. The summed E-state index contributed by atoms with van der Waals surface area (Å²) in [4.78, 5) is 2.24. The van der Waals surface area contributed by atoms with Gasteiger partial charge >= 0.3 is 0 Å². The molecule has 1 aliphatic carbocycles. The third kappa shape index (κ3) is 2.75. The Morgan fingerprint density at radius 3 is 2.96 bits per heavy atom. The summed E-state index contributed by atoms with van der Waals surface area (Å²) in [5, 5.41) is 23.6. The van der Waals surface area contributed by atoms with Crippen LogP contribution in [0.5, 0.6) is 0 Å². The Hall–Kier alpha value is -1.73. The maximum Gasteiger partial charge on any atom is 0.140 e. The van der Waals surface area contributed by atoms with E-state index in [0.29, 0.717) is 18.7 Å². The van der Waals surface area contributed by atoms with Crippen LogP contribution in [-0.4, -0.2) is 43.2 Å². The molecule has 0 radical (unpaired) electrons. The monoisotopic (exact) mass is 331 g/mol. The van der Waals surface area contributed by atoms with E-state index in [9.17, 15) is 5.11 Å². The smallest absolute Gasteiger partial charge is 0.140 e. The van der Waals surface area contributed by atoms with E-state index in [-0.39, 0.29) is 6.04 Å². The predicted octanol–water partition coefficient (Wildman–Crippen LogP) is 1.82. The number of fused-ring (bicyclic) bond motifs is 1. The van der Waals surface area contributed by atoms with Gasteiger partial charge in [-0.15, -0.1) is 5.10 Å². The first kappa shape index (κ1) is 15.8. The Bertz CT molecular complexity index is 722. The van der Waals surface area contributed by atoms with Crippen LogP contribution in [0.1, 0.15) is 61.9 Å². The molecule has 2 aliphatic rings. The fraction of sp³-hybridized carbons (Fsp3) is 0.706. The van der Waals surface area contributed by atoms with Gasteiger partial charge in [-0.2, -0.15) is 0 Å². The van der Waals surface area contributed by atoms with Crippen LogP contribution < -0.4 is 0 Å². The second kappa shape index (κ2) is 5.97. The Morgan fingerprint density at radius 2 is 2.17 bits per heavy atom. The van der Waals surface area contributed by atoms with Crippen molar-refractivity contribution in [3.63, 3.8) is 0 Å². The molecule has 1 aliphatic heterocycles. The molecule has 130 valence electrons. The molecule has 4 rings (SSSR count). The topological polar surface area (TPSA) is 80.2 Å². The fourth-order valence-electron chi connectivity index (χ4n) is 3.74. The van der Waals surface area contributed by atoms with Gasteiger partial charge in [0, 0.05) is 37.7 Å². The first-order valence-electron chi connectivity index (χ1n) is 8.88. The molecule has 7 heteroatoms. The van der Waals surface area contributed by atoms with Crippen LogP contribution >= 0.6 is 0 Å². The van der Waals surface area contributed by atoms with Crippen molar-refractivity contribution in [2.75, 3.05) is 13.1 Å². The number of hydrogen-bond donors (Lipinski definition) is 1. The van der Waals surface area contributed by atoms with Crippen LogP contribution in [0, 0.1) is 0 Å². The van der Waals surface area contributed by atoms with E-state index >= 15 is 0 Å². The van der Waals surface area contributed by atoms with Crippen molar-refractivity contribution in [1.82, 2.24) is 25.1 Å². The molecule has 0 saturated carbocycles. The van der Waals surface area contributed by atoms with Crippen molar-refractivity contribution in [2.45, 2.75) is 64.1 Å². The Labute approximate surface area is 141 Å². The minimum Gasteiger partial charge on any atom is -0.382 e. The quantitative estimate of drug-likeness (QED) is 0.920. The van der Waals surface area contributed by atoms with Crippen LogP contribution in [0.3, 0.4) is 0 Å². The maximum absolute atomic E-state index is 11.0. The van der Waals surface area contributed by atoms with E-state index in [1.165, 1.54) is 18.4 Å². The standard InChI is InChI=1S/C17H25N5O2/c1-12(2)22-10-16(18-20-22)17(23)7-8-21(11-17)9-14-13-5-3-4-6-15(13)24-19-14/h10,12,23H,3-9,11H2,1-2H3/t17-/m1/s1. The number of rotatable bonds is 4. The van der Waals surface area contributed by atoms with Crippen LogP contribution in [0.25, 0.3) is 0 Å². The summed E-state index contributed by atoms with van der Waals surface area (Å²) in [6.07, 6.45) is 7.01. The minimum atomic E-state index is -0.920. The lowest BCUT2D eigenvalue weighted by molar-refractivity contribution is 0.0405. The summed E-state index contributed by atoms with van der Waals surface area (Å²) in [6, 6.07) is 0.244. The number of aromatic nitrogens is 4. The van der Waals surface area contributed by atoms with Crippen molar-refractivity contribution in [1.29, 1.82) is 0 Å². The molecule has 0 bridgehead atoms. The third-order valence-corrected chi connectivity index (χ3v) is 5.25. The van der Waals surface area contributed by atoms with E-state index < -0.39 is 5.60 Å². The Kier molecular flexibility index (Phi) is 3.92. The molecule has 2 aromatic rings. The predicted molar refractivity (Wildman–Crippen MR) is 87.3 cm³/mol. The second-order valence-corrected chi connectivity index (χ2v) is 7.41. The van der Waals surface area contributed by atoms with Gasteiger partial charge in [0.15, 0.2) is 0 Å². The largest absolute Gasteiger partial charge is 0.382 e. The normalized spacial score (nSPS) is 24.7. The van der Waals surface area contributed by atoms with E-state index in [2.05, 4.69) is 34.2 Å². The van der Waals surface area contributed by atoms with Crippen molar-refractivity contribution in [3.05, 3.63) is 28.9 Å². The van der Waals surface area contributed by atoms with Crippen molar-refractivity contribution >= 4 is 0 Å². The molecule has 0 amide bonds. The molecule has 3 heterocycles. The highest BCUT2D eigenvalue weighted by molar-refractivity contribution is 5.25. The lowest BCUT2D eigenvalue weighted by Gasteiger charge is -2.21. The Balaban J connectivity index is 1.47. The average molecular weight is 331 g/mol. The molecular weight excluding hydrogens is 306 g/mol. The lowest BCUT2D eigenvalue weighted by atomic mass is 9.96. The SMILES string of the molecule is CC(C)n1cc([C@@]2(O)CCN(Cc3noc4c3CCCC4)C2)nn1. The third-order valence-electron chi connectivity index (χ3n) is 5.25. The molecule has 0 spiro atoms. The summed E-state index contributed by atoms with van der Waals surface area (Å²) < 4.78 is 7.29. The highest BCUT2D eigenvalue weighted by Crippen LogP contribution is 2.33. The molecule has 2 aromatic heterocycles. The van der Waals surface area contributed by atoms with Crippen molar-refractivity contribution in [3.8, 4) is 0 Å². The second-order valence-electron chi connectivity index (χ2n) is 7.41. The Morgan fingerprint density at radius 1 is 1.33 bits per heavy atom. The lowest BCUT2D eigenvalue weighted by Crippen LogP contribution is -2.31. The average Bonchev–Trinajstić information content (AvgIpc) is 3.28. The number of β-amino-alcohol motifs (C(OH)–C–C–N with tert-alkyl or cyclic N) is 1. The van der Waals surface area contributed by atoms with Gasteiger partial charge in [0.1, 0.15) is 22.7 Å². The number of aliphatic hydroxyl groups is 1. The van der Waals surface area contributed by atoms with Gasteiger partial charge in [0.2, 0.25) is 0 Å². The van der Waals surface area contributed by atoms with Crippen molar-refractivity contribution < 1.29 is 9.63 Å². The van der Waals surface area contributed by atoms with Crippen LogP contribution in [-0.2, 0) is 25.0 Å². The van der Waals surface area contributed by atoms with E-state index in [4.69, 9.17) is 4.52 Å². The van der Waals surface area contributed by atoms with Crippen LogP contribution in [0.15, 0.2) is 10.7 Å². The van der Waals surface area contributed by atoms with Gasteiger partial charge in [-0.05, 0) is 39.5 Å². The van der Waals surface area contributed by atoms with Gasteiger partial charge in [-0.1, -0.05) is 10.4 Å². The molecule has 0 unspecified atom stereocenters. The minimum absolute atomic E-state index is 0.244. The number of hydrogen-bond acceptors (Lipinski definition) is 6. The van der Waals surface area contributed by atoms with Crippen LogP contribution in [0.2, 0.25) is 0 Å². The molecule has 1 N–H and O–H groups in total. The van der Waals surface area contributed by atoms with E-state index in [1.54, 1.807) is 4.68 Å². The highest BCUT2D eigenvalue weighted by atomic mass is 16.5. The van der Waals surface area contributed by atoms with Gasteiger partial charge in [-0.3, -0.25) is 4.90 Å². The molecule has 0 aromatic carbocycles.